The molecule has 1 heterocycles. The molecule has 0 bridgehead atoms. The Kier molecular flexibility index (Phi) is 6.03. The number of esters is 1. The number of carbonyl (C=O) groups is 2. The second kappa shape index (κ2) is 8.65. The van der Waals surface area contributed by atoms with E-state index in [9.17, 15) is 9.59 Å². The van der Waals surface area contributed by atoms with Crippen molar-refractivity contribution < 1.29 is 14.3 Å². The van der Waals surface area contributed by atoms with E-state index in [1.54, 1.807) is 22.9 Å². The van der Waals surface area contributed by atoms with Crippen LogP contribution in [-0.2, 0) is 16.1 Å². The molecule has 0 aliphatic rings. The zero-order valence-electron chi connectivity index (χ0n) is 16.3. The van der Waals surface area contributed by atoms with Gasteiger partial charge < -0.3 is 10.1 Å². The van der Waals surface area contributed by atoms with Gasteiger partial charge in [-0.05, 0) is 44.0 Å². The van der Waals surface area contributed by atoms with Gasteiger partial charge in [-0.2, -0.15) is 0 Å². The van der Waals surface area contributed by atoms with Crippen LogP contribution < -0.4 is 5.32 Å². The smallest absolute Gasteiger partial charge is 0.338 e. The zero-order valence-corrected chi connectivity index (χ0v) is 16.3. The number of benzene rings is 2. The molecule has 1 amide bonds. The normalized spacial score (nSPS) is 12.0. The minimum atomic E-state index is -0.563. The van der Waals surface area contributed by atoms with Crippen LogP contribution in [0.3, 0.4) is 0 Å². The van der Waals surface area contributed by atoms with Gasteiger partial charge in [0.2, 0.25) is 0 Å². The van der Waals surface area contributed by atoms with Gasteiger partial charge in [-0.1, -0.05) is 42.0 Å². The van der Waals surface area contributed by atoms with Crippen LogP contribution in [0.4, 0.5) is 0 Å². The molecule has 3 aromatic rings. The first-order valence-electron chi connectivity index (χ1n) is 9.38. The largest absolute Gasteiger partial charge is 0.452 e. The Bertz CT molecular complexity index is 979. The fourth-order valence-corrected chi connectivity index (χ4v) is 3.00. The summed E-state index contributed by atoms with van der Waals surface area (Å²) < 4.78 is 6.91. The third kappa shape index (κ3) is 4.36. The average molecular weight is 380 g/mol. The highest BCUT2D eigenvalue weighted by Gasteiger charge is 2.16. The van der Waals surface area contributed by atoms with Crippen molar-refractivity contribution in [1.82, 2.24) is 20.3 Å². The zero-order chi connectivity index (χ0) is 20.1. The fourth-order valence-electron chi connectivity index (χ4n) is 3.00. The predicted octanol–water partition coefficient (Wildman–Crippen LogP) is 3.18. The Balaban J connectivity index is 1.59. The van der Waals surface area contributed by atoms with Crippen LogP contribution in [0, 0.1) is 6.92 Å². The highest BCUT2D eigenvalue weighted by molar-refractivity contribution is 5.94. The van der Waals surface area contributed by atoms with E-state index in [-0.39, 0.29) is 18.6 Å². The van der Waals surface area contributed by atoms with Crippen LogP contribution in [-0.4, -0.2) is 33.5 Å². The quantitative estimate of drug-likeness (QED) is 0.636. The number of nitrogens with zero attached hydrogens (tertiary/aromatic N) is 3. The lowest BCUT2D eigenvalue weighted by atomic mass is 10.0. The SMILES string of the molecule is CC[C@H](NC(=O)COC(=O)c1ccc2c(c1)nnn2CC)c1ccc(C)cc1. The minimum absolute atomic E-state index is 0.118. The van der Waals surface area contributed by atoms with E-state index < -0.39 is 5.97 Å². The number of aryl methyl sites for hydroxylation is 2. The van der Waals surface area contributed by atoms with Crippen molar-refractivity contribution in [3.8, 4) is 0 Å². The number of fused-ring (bicyclic) bond motifs is 1. The predicted molar refractivity (Wildman–Crippen MR) is 106 cm³/mol. The molecule has 0 aliphatic carbocycles. The van der Waals surface area contributed by atoms with Gasteiger partial charge in [0.1, 0.15) is 5.52 Å². The molecule has 0 saturated carbocycles. The Morgan fingerprint density at radius 2 is 1.89 bits per heavy atom. The number of nitrogens with one attached hydrogen (secondary N) is 1. The van der Waals surface area contributed by atoms with Gasteiger partial charge in [0.05, 0.1) is 17.1 Å². The minimum Gasteiger partial charge on any atom is -0.452 e. The summed E-state index contributed by atoms with van der Waals surface area (Å²) in [5, 5.41) is 11.0. The van der Waals surface area contributed by atoms with E-state index in [1.165, 1.54) is 0 Å². The topological polar surface area (TPSA) is 86.1 Å². The van der Waals surface area contributed by atoms with Crippen LogP contribution in [0.2, 0.25) is 0 Å². The first-order chi connectivity index (χ1) is 13.5. The third-order valence-electron chi connectivity index (χ3n) is 4.61. The Labute approximate surface area is 163 Å². The number of hydrogen-bond donors (Lipinski definition) is 1. The number of amides is 1. The summed E-state index contributed by atoms with van der Waals surface area (Å²) in [7, 11) is 0. The molecule has 0 radical (unpaired) electrons. The molecule has 146 valence electrons. The van der Waals surface area contributed by atoms with Gasteiger partial charge in [-0.3, -0.25) is 4.79 Å². The summed E-state index contributed by atoms with van der Waals surface area (Å²) in [5.41, 5.74) is 3.99. The standard InChI is InChI=1S/C21H24N4O3/c1-4-17(15-8-6-14(3)7-9-15)22-20(26)13-28-21(27)16-10-11-19-18(12-16)23-24-25(19)5-2/h6-12,17H,4-5,13H2,1-3H3,(H,22,26)/t17-/m0/s1. The monoisotopic (exact) mass is 380 g/mol. The molecule has 3 rings (SSSR count). The van der Waals surface area contributed by atoms with Gasteiger partial charge in [0.15, 0.2) is 6.61 Å². The van der Waals surface area contributed by atoms with Crippen molar-refractivity contribution in [2.24, 2.45) is 0 Å². The van der Waals surface area contributed by atoms with Crippen LogP contribution in [0.15, 0.2) is 42.5 Å². The number of ether oxygens (including phenoxy) is 1. The molecule has 1 N–H and O–H groups in total. The highest BCUT2D eigenvalue weighted by Crippen LogP contribution is 2.17. The molecule has 7 heteroatoms. The summed E-state index contributed by atoms with van der Waals surface area (Å²) in [4.78, 5) is 24.5. The summed E-state index contributed by atoms with van der Waals surface area (Å²) >= 11 is 0. The lowest BCUT2D eigenvalue weighted by molar-refractivity contribution is -0.125. The summed E-state index contributed by atoms with van der Waals surface area (Å²) in [6.45, 7) is 6.34. The molecule has 0 aliphatic heterocycles. The van der Waals surface area contributed by atoms with Gasteiger partial charge in [-0.25, -0.2) is 9.48 Å². The second-order valence-corrected chi connectivity index (χ2v) is 6.62. The van der Waals surface area contributed by atoms with Crippen molar-refractivity contribution in [1.29, 1.82) is 0 Å². The Hall–Kier alpha value is -3.22. The maximum atomic E-state index is 12.3. The molecule has 0 unspecified atom stereocenters. The van der Waals surface area contributed by atoms with Crippen molar-refractivity contribution in [2.45, 2.75) is 39.8 Å². The third-order valence-corrected chi connectivity index (χ3v) is 4.61. The van der Waals surface area contributed by atoms with E-state index in [0.717, 1.165) is 23.1 Å². The number of rotatable bonds is 7. The Morgan fingerprint density at radius 3 is 2.57 bits per heavy atom. The molecule has 28 heavy (non-hydrogen) atoms. The first kappa shape index (κ1) is 19.5. The van der Waals surface area contributed by atoms with Crippen LogP contribution >= 0.6 is 0 Å². The van der Waals surface area contributed by atoms with E-state index in [0.29, 0.717) is 17.6 Å². The molecule has 2 aromatic carbocycles. The molecule has 0 spiro atoms. The molecule has 0 fully saturated rings. The van der Waals surface area contributed by atoms with Crippen molar-refractivity contribution in [2.75, 3.05) is 6.61 Å². The molecule has 7 nitrogen and oxygen atoms in total. The van der Waals surface area contributed by atoms with Gasteiger partial charge >= 0.3 is 5.97 Å². The van der Waals surface area contributed by atoms with Gasteiger partial charge in [0.25, 0.3) is 5.91 Å². The average Bonchev–Trinajstić information content (AvgIpc) is 3.13. The van der Waals surface area contributed by atoms with E-state index >= 15 is 0 Å². The molecular formula is C21H24N4O3. The summed E-state index contributed by atoms with van der Waals surface area (Å²) in [5.74, 6) is -0.898. The number of carbonyl (C=O) groups excluding carboxylic acids is 2. The maximum absolute atomic E-state index is 12.3. The highest BCUT2D eigenvalue weighted by atomic mass is 16.5. The maximum Gasteiger partial charge on any atom is 0.338 e. The van der Waals surface area contributed by atoms with Gasteiger partial charge in [0, 0.05) is 6.54 Å². The van der Waals surface area contributed by atoms with Crippen LogP contribution in [0.5, 0.6) is 0 Å². The van der Waals surface area contributed by atoms with Crippen LogP contribution in [0.25, 0.3) is 11.0 Å². The summed E-state index contributed by atoms with van der Waals surface area (Å²) in [6, 6.07) is 12.9. The van der Waals surface area contributed by atoms with Crippen molar-refractivity contribution >= 4 is 22.9 Å². The number of hydrogen-bond acceptors (Lipinski definition) is 5. The van der Waals surface area contributed by atoms with Gasteiger partial charge in [-0.15, -0.1) is 5.10 Å². The molecule has 0 saturated heterocycles. The Morgan fingerprint density at radius 1 is 1.14 bits per heavy atom. The first-order valence-corrected chi connectivity index (χ1v) is 9.38. The van der Waals surface area contributed by atoms with E-state index in [1.807, 2.05) is 45.0 Å². The molecule has 1 atom stereocenters. The van der Waals surface area contributed by atoms with E-state index in [4.69, 9.17) is 4.74 Å². The van der Waals surface area contributed by atoms with Crippen LogP contribution in [0.1, 0.15) is 47.8 Å². The molecule has 1 aromatic heterocycles. The number of aromatic nitrogens is 3. The van der Waals surface area contributed by atoms with Crippen molar-refractivity contribution in [3.63, 3.8) is 0 Å². The second-order valence-electron chi connectivity index (χ2n) is 6.62. The molecular weight excluding hydrogens is 356 g/mol. The lowest BCUT2D eigenvalue weighted by Crippen LogP contribution is -2.32. The lowest BCUT2D eigenvalue weighted by Gasteiger charge is -2.17. The van der Waals surface area contributed by atoms with E-state index in [2.05, 4.69) is 15.6 Å². The van der Waals surface area contributed by atoms with Crippen molar-refractivity contribution in [3.05, 3.63) is 59.2 Å². The summed E-state index contributed by atoms with van der Waals surface area (Å²) in [6.07, 6.45) is 0.743. The fraction of sp³-hybridized carbons (Fsp3) is 0.333.